The number of hydrogen-bond acceptors (Lipinski definition) is 2. The van der Waals surface area contributed by atoms with E-state index < -0.39 is 5.97 Å². The van der Waals surface area contributed by atoms with Crippen LogP contribution in [0.4, 0.5) is 0 Å². The SMILES string of the molecule is O=C1CCC=C(C(=O)O)C1. The van der Waals surface area contributed by atoms with Crippen molar-refractivity contribution in [3.8, 4) is 0 Å². The Morgan fingerprint density at radius 3 is 2.70 bits per heavy atom. The zero-order valence-corrected chi connectivity index (χ0v) is 5.46. The Bertz CT molecular complexity index is 203. The molecular formula is C7H8O3. The van der Waals surface area contributed by atoms with Gasteiger partial charge in [0.15, 0.2) is 0 Å². The number of ketones is 1. The summed E-state index contributed by atoms with van der Waals surface area (Å²) >= 11 is 0. The molecule has 1 N–H and O–H groups in total. The van der Waals surface area contributed by atoms with Gasteiger partial charge < -0.3 is 5.11 Å². The van der Waals surface area contributed by atoms with Gasteiger partial charge >= 0.3 is 5.97 Å². The molecule has 0 unspecified atom stereocenters. The topological polar surface area (TPSA) is 54.4 Å². The van der Waals surface area contributed by atoms with E-state index in [4.69, 9.17) is 5.11 Å². The van der Waals surface area contributed by atoms with Crippen molar-refractivity contribution in [3.05, 3.63) is 11.6 Å². The van der Waals surface area contributed by atoms with Crippen molar-refractivity contribution in [2.24, 2.45) is 0 Å². The van der Waals surface area contributed by atoms with Crippen molar-refractivity contribution >= 4 is 11.8 Å². The van der Waals surface area contributed by atoms with Gasteiger partial charge in [-0.1, -0.05) is 6.08 Å². The van der Waals surface area contributed by atoms with Gasteiger partial charge in [0.25, 0.3) is 0 Å². The van der Waals surface area contributed by atoms with E-state index in [0.29, 0.717) is 12.8 Å². The molecule has 0 heterocycles. The predicted octanol–water partition coefficient (Wildman–Crippen LogP) is 0.750. The number of Topliss-reactive ketones (excluding diaryl/α,β-unsaturated/α-hetero) is 1. The Labute approximate surface area is 58.4 Å². The second kappa shape index (κ2) is 2.64. The Morgan fingerprint density at radius 2 is 2.30 bits per heavy atom. The van der Waals surface area contributed by atoms with E-state index in [0.717, 1.165) is 0 Å². The first-order chi connectivity index (χ1) is 4.70. The normalized spacial score (nSPS) is 18.4. The highest BCUT2D eigenvalue weighted by Crippen LogP contribution is 2.13. The largest absolute Gasteiger partial charge is 0.478 e. The summed E-state index contributed by atoms with van der Waals surface area (Å²) in [4.78, 5) is 21.0. The Morgan fingerprint density at radius 1 is 1.60 bits per heavy atom. The maximum absolute atomic E-state index is 10.7. The maximum atomic E-state index is 10.7. The average molecular weight is 140 g/mol. The first-order valence-corrected chi connectivity index (χ1v) is 3.14. The van der Waals surface area contributed by atoms with E-state index in [9.17, 15) is 9.59 Å². The fourth-order valence-corrected chi connectivity index (χ4v) is 0.943. The van der Waals surface area contributed by atoms with E-state index >= 15 is 0 Å². The summed E-state index contributed by atoms with van der Waals surface area (Å²) in [6.45, 7) is 0. The zero-order chi connectivity index (χ0) is 7.56. The summed E-state index contributed by atoms with van der Waals surface area (Å²) in [7, 11) is 0. The predicted molar refractivity (Wildman–Crippen MR) is 34.6 cm³/mol. The van der Waals surface area contributed by atoms with Crippen molar-refractivity contribution in [2.45, 2.75) is 19.3 Å². The molecule has 1 aliphatic rings. The molecule has 3 heteroatoms. The molecule has 0 atom stereocenters. The van der Waals surface area contributed by atoms with Gasteiger partial charge in [0.1, 0.15) is 5.78 Å². The molecule has 54 valence electrons. The number of carboxylic acid groups (broad SMARTS) is 1. The lowest BCUT2D eigenvalue weighted by Gasteiger charge is -2.06. The summed E-state index contributed by atoms with van der Waals surface area (Å²) in [5, 5.41) is 8.44. The number of hydrogen-bond donors (Lipinski definition) is 1. The van der Waals surface area contributed by atoms with E-state index in [1.54, 1.807) is 6.08 Å². The van der Waals surface area contributed by atoms with Crippen molar-refractivity contribution < 1.29 is 14.7 Å². The minimum atomic E-state index is -0.965. The molecule has 0 spiro atoms. The van der Waals surface area contributed by atoms with Crippen LogP contribution in [0.2, 0.25) is 0 Å². The van der Waals surface area contributed by atoms with Gasteiger partial charge in [0.05, 0.1) is 0 Å². The molecule has 0 aromatic rings. The second-order valence-corrected chi connectivity index (χ2v) is 2.29. The van der Waals surface area contributed by atoms with Gasteiger partial charge in [0.2, 0.25) is 0 Å². The number of aliphatic carboxylic acids is 1. The van der Waals surface area contributed by atoms with Crippen LogP contribution in [0.1, 0.15) is 19.3 Å². The number of carboxylic acids is 1. The maximum Gasteiger partial charge on any atom is 0.331 e. The van der Waals surface area contributed by atoms with E-state index in [-0.39, 0.29) is 17.8 Å². The van der Waals surface area contributed by atoms with Crippen LogP contribution in [0.3, 0.4) is 0 Å². The molecular weight excluding hydrogens is 132 g/mol. The van der Waals surface area contributed by atoms with Crippen LogP contribution in [0, 0.1) is 0 Å². The Hall–Kier alpha value is -1.12. The van der Waals surface area contributed by atoms with Gasteiger partial charge in [-0.05, 0) is 6.42 Å². The lowest BCUT2D eigenvalue weighted by Crippen LogP contribution is -2.11. The molecule has 0 aromatic carbocycles. The third-order valence-corrected chi connectivity index (χ3v) is 1.48. The highest BCUT2D eigenvalue weighted by molar-refractivity contribution is 5.96. The van der Waals surface area contributed by atoms with Crippen LogP contribution < -0.4 is 0 Å². The minimum absolute atomic E-state index is 0.0277. The minimum Gasteiger partial charge on any atom is -0.478 e. The van der Waals surface area contributed by atoms with Crippen LogP contribution in [-0.2, 0) is 9.59 Å². The number of carbonyl (C=O) groups excluding carboxylic acids is 1. The van der Waals surface area contributed by atoms with Gasteiger partial charge in [-0.15, -0.1) is 0 Å². The third-order valence-electron chi connectivity index (χ3n) is 1.48. The van der Waals surface area contributed by atoms with Crippen molar-refractivity contribution in [3.63, 3.8) is 0 Å². The standard InChI is InChI=1S/C7H8O3/c8-6-3-1-2-5(4-6)7(9)10/h2H,1,3-4H2,(H,9,10). The number of allylic oxidation sites excluding steroid dienone is 1. The van der Waals surface area contributed by atoms with E-state index in [1.165, 1.54) is 0 Å². The molecule has 0 saturated carbocycles. The molecule has 0 radical (unpaired) electrons. The smallest absolute Gasteiger partial charge is 0.331 e. The molecule has 3 nitrogen and oxygen atoms in total. The molecule has 0 fully saturated rings. The molecule has 1 aliphatic carbocycles. The van der Waals surface area contributed by atoms with Crippen molar-refractivity contribution in [1.29, 1.82) is 0 Å². The van der Waals surface area contributed by atoms with Gasteiger partial charge in [0, 0.05) is 18.4 Å². The Balaban J connectivity index is 2.69. The Kier molecular flexibility index (Phi) is 1.85. The van der Waals surface area contributed by atoms with Crippen LogP contribution in [-0.4, -0.2) is 16.9 Å². The monoisotopic (exact) mass is 140 g/mol. The fourth-order valence-electron chi connectivity index (χ4n) is 0.943. The summed E-state index contributed by atoms with van der Waals surface area (Å²) < 4.78 is 0. The zero-order valence-electron chi connectivity index (χ0n) is 5.46. The lowest BCUT2D eigenvalue weighted by atomic mass is 9.99. The molecule has 0 bridgehead atoms. The van der Waals surface area contributed by atoms with Gasteiger partial charge in [-0.3, -0.25) is 4.79 Å². The first kappa shape index (κ1) is 6.99. The fraction of sp³-hybridized carbons (Fsp3) is 0.429. The van der Waals surface area contributed by atoms with Crippen LogP contribution >= 0.6 is 0 Å². The summed E-state index contributed by atoms with van der Waals surface area (Å²) in [6.07, 6.45) is 2.80. The van der Waals surface area contributed by atoms with Crippen LogP contribution in [0.5, 0.6) is 0 Å². The van der Waals surface area contributed by atoms with E-state index in [1.807, 2.05) is 0 Å². The number of carbonyl (C=O) groups is 2. The third kappa shape index (κ3) is 1.43. The van der Waals surface area contributed by atoms with E-state index in [2.05, 4.69) is 0 Å². The highest BCUT2D eigenvalue weighted by atomic mass is 16.4. The van der Waals surface area contributed by atoms with Crippen LogP contribution in [0.25, 0.3) is 0 Å². The molecule has 1 rings (SSSR count). The quantitative estimate of drug-likeness (QED) is 0.584. The van der Waals surface area contributed by atoms with Crippen molar-refractivity contribution in [1.82, 2.24) is 0 Å². The number of rotatable bonds is 1. The summed E-state index contributed by atoms with van der Waals surface area (Å²) in [5.41, 5.74) is 0.247. The average Bonchev–Trinajstić information content (AvgIpc) is 1.88. The molecule has 0 aliphatic heterocycles. The van der Waals surface area contributed by atoms with Gasteiger partial charge in [-0.25, -0.2) is 4.79 Å². The summed E-state index contributed by atoms with van der Waals surface area (Å²) in [6, 6.07) is 0. The van der Waals surface area contributed by atoms with Crippen molar-refractivity contribution in [2.75, 3.05) is 0 Å². The van der Waals surface area contributed by atoms with Gasteiger partial charge in [-0.2, -0.15) is 0 Å². The molecule has 0 aromatic heterocycles. The molecule has 0 saturated heterocycles. The molecule has 0 amide bonds. The highest BCUT2D eigenvalue weighted by Gasteiger charge is 2.15. The molecule has 10 heavy (non-hydrogen) atoms. The van der Waals surface area contributed by atoms with Crippen LogP contribution in [0.15, 0.2) is 11.6 Å². The first-order valence-electron chi connectivity index (χ1n) is 3.14. The lowest BCUT2D eigenvalue weighted by molar-refractivity contribution is -0.134. The summed E-state index contributed by atoms with van der Waals surface area (Å²) in [5.74, 6) is -0.937. The second-order valence-electron chi connectivity index (χ2n) is 2.29.